The number of rotatable bonds is 11. The van der Waals surface area contributed by atoms with Crippen molar-refractivity contribution < 1.29 is 15.6 Å². The predicted molar refractivity (Wildman–Crippen MR) is 265 cm³/mol. The molecule has 4 aliphatic rings. The van der Waals surface area contributed by atoms with E-state index in [4.69, 9.17) is 0 Å². The summed E-state index contributed by atoms with van der Waals surface area (Å²) in [5.41, 5.74) is 17.1. The summed E-state index contributed by atoms with van der Waals surface area (Å²) in [4.78, 5) is 0. The average Bonchev–Trinajstić information content (AvgIpc) is 3.80. The number of benzene rings is 4. The Hall–Kier alpha value is -1.96. The molecule has 0 nitrogen and oxygen atoms in total. The molecule has 2 fully saturated rings. The molecule has 0 N–H and O–H groups in total. The Labute approximate surface area is 373 Å². The molecule has 60 heavy (non-hydrogen) atoms. The normalized spacial score (nSPS) is 21.5. The van der Waals surface area contributed by atoms with Gasteiger partial charge < -0.3 is 0 Å². The SMILES string of the molecule is CCC[SiH](C)[Zr]([Cl])([Cl])([CH]1C(CC2CCCCC2)=Cc2c(-c3ccc(C(C)(C)C)cc3)cccc21)[CH]1C(CC2CCCCC2)=Cc2c(-c3ccc(C(C)(C)C)cc3)cccc21. The maximum atomic E-state index is 9.31. The van der Waals surface area contributed by atoms with E-state index in [9.17, 15) is 17.0 Å². The number of hydrogen-bond donors (Lipinski definition) is 0. The van der Waals surface area contributed by atoms with E-state index in [0.29, 0.717) is 11.8 Å². The molecule has 0 aromatic heterocycles. The Morgan fingerprint density at radius 2 is 0.933 bits per heavy atom. The molecule has 0 amide bonds. The monoisotopic (exact) mass is 933 g/mol. The van der Waals surface area contributed by atoms with Crippen molar-refractivity contribution in [2.75, 3.05) is 0 Å². The summed E-state index contributed by atoms with van der Waals surface area (Å²) in [5, 5.41) is 0. The van der Waals surface area contributed by atoms with E-state index in [2.05, 4.69) is 152 Å². The molecule has 2 saturated carbocycles. The van der Waals surface area contributed by atoms with Gasteiger partial charge in [0.1, 0.15) is 0 Å². The van der Waals surface area contributed by atoms with Crippen LogP contribution in [0.5, 0.6) is 0 Å². The molecule has 4 aromatic carbocycles. The second-order valence-electron chi connectivity index (χ2n) is 21.9. The van der Waals surface area contributed by atoms with E-state index in [1.165, 1.54) is 126 Å². The zero-order valence-electron chi connectivity index (χ0n) is 38.3. The van der Waals surface area contributed by atoms with Gasteiger partial charge >= 0.3 is 377 Å². The molecule has 8 rings (SSSR count). The Morgan fingerprint density at radius 3 is 1.28 bits per heavy atom. The number of halogens is 2. The van der Waals surface area contributed by atoms with E-state index in [1.54, 1.807) is 11.1 Å². The van der Waals surface area contributed by atoms with Crippen molar-refractivity contribution in [2.24, 2.45) is 11.8 Å². The third-order valence-corrected chi connectivity index (χ3v) is 66.1. The standard InChI is InChI=1S/2C26H31.C4H11Si.2ClH.Zr/c2*1-26(2,3)23-14-12-21(13-15-23)24-11-7-10-22-17-20(18-25(22)24)16-19-8-5-4-6-9-19;1-3-4-5-2;;;/h2*7,10-15,17-19H,4-6,8-9,16H2,1-3H3;5H,3-4H2,1-2H3;2*1H;/q;;;;;+2/p-2. The number of hydrogen-bond acceptors (Lipinski definition) is 0. The van der Waals surface area contributed by atoms with Gasteiger partial charge in [-0.25, -0.2) is 0 Å². The Balaban J connectivity index is 1.33. The first-order chi connectivity index (χ1) is 28.6. The Bertz CT molecular complexity index is 2070. The van der Waals surface area contributed by atoms with Crippen molar-refractivity contribution in [1.82, 2.24) is 0 Å². The van der Waals surface area contributed by atoms with Crippen molar-refractivity contribution >= 4 is 35.1 Å². The predicted octanol–water partition coefficient (Wildman–Crippen LogP) is 17.9. The maximum absolute atomic E-state index is 9.31. The molecular formula is C56H73Cl2SiZr. The quantitative estimate of drug-likeness (QED) is 0.132. The van der Waals surface area contributed by atoms with Gasteiger partial charge in [0.05, 0.1) is 0 Å². The average molecular weight is 936 g/mol. The van der Waals surface area contributed by atoms with E-state index < -0.39 is 21.5 Å². The van der Waals surface area contributed by atoms with Gasteiger partial charge in [-0.1, -0.05) is 0 Å². The second-order valence-corrected chi connectivity index (χ2v) is 63.2. The first-order valence-electron chi connectivity index (χ1n) is 24.0. The summed E-state index contributed by atoms with van der Waals surface area (Å²) >= 11 is -5.09. The number of allylic oxidation sites excluding steroid dienone is 2. The van der Waals surface area contributed by atoms with Crippen LogP contribution < -0.4 is 0 Å². The molecule has 4 aliphatic carbocycles. The first-order valence-corrected chi connectivity index (χ1v) is 40.0. The summed E-state index contributed by atoms with van der Waals surface area (Å²) in [6.07, 6.45) is 22.2. The third kappa shape index (κ3) is 8.53. The van der Waals surface area contributed by atoms with Crippen LogP contribution in [0.4, 0.5) is 0 Å². The van der Waals surface area contributed by atoms with Crippen LogP contribution in [-0.4, -0.2) is 5.92 Å². The zero-order valence-corrected chi connectivity index (χ0v) is 43.4. The van der Waals surface area contributed by atoms with Gasteiger partial charge in [-0.2, -0.15) is 0 Å². The minimum atomic E-state index is -5.09. The second kappa shape index (κ2) is 17.5. The molecular weight excluding hydrogens is 863 g/mol. The molecule has 0 spiro atoms. The fourth-order valence-corrected chi connectivity index (χ4v) is 53.5. The first kappa shape index (κ1) is 44.6. The van der Waals surface area contributed by atoms with Gasteiger partial charge in [0.25, 0.3) is 0 Å². The van der Waals surface area contributed by atoms with E-state index in [1.807, 2.05) is 0 Å². The molecule has 3 unspecified atom stereocenters. The summed E-state index contributed by atoms with van der Waals surface area (Å²) in [6.45, 7) is 18.9. The van der Waals surface area contributed by atoms with Crippen LogP contribution in [-0.2, 0) is 26.4 Å². The summed E-state index contributed by atoms with van der Waals surface area (Å²) in [6, 6.07) is 34.4. The summed E-state index contributed by atoms with van der Waals surface area (Å²) in [7, 11) is 18.6. The van der Waals surface area contributed by atoms with Crippen LogP contribution in [0.3, 0.4) is 0 Å². The van der Waals surface area contributed by atoms with Crippen molar-refractivity contribution in [3.8, 4) is 22.3 Å². The molecule has 0 bridgehead atoms. The van der Waals surface area contributed by atoms with Gasteiger partial charge in [0.15, 0.2) is 0 Å². The zero-order chi connectivity index (χ0) is 42.5. The van der Waals surface area contributed by atoms with Crippen LogP contribution in [0.2, 0.25) is 12.6 Å². The molecule has 4 aromatic rings. The Kier molecular flexibility index (Phi) is 13.1. The minimum absolute atomic E-state index is 0.114. The molecule has 0 heterocycles. The molecule has 0 radical (unpaired) electrons. The number of fused-ring (bicyclic) bond motifs is 2. The van der Waals surface area contributed by atoms with Crippen LogP contribution in [0, 0.1) is 11.8 Å². The van der Waals surface area contributed by atoms with E-state index in [-0.39, 0.29) is 18.1 Å². The van der Waals surface area contributed by atoms with Gasteiger partial charge in [0, 0.05) is 0 Å². The molecule has 319 valence electrons. The van der Waals surface area contributed by atoms with Gasteiger partial charge in [0.2, 0.25) is 0 Å². The Morgan fingerprint density at radius 1 is 0.550 bits per heavy atom. The molecule has 3 atom stereocenters. The topological polar surface area (TPSA) is 0 Å². The summed E-state index contributed by atoms with van der Waals surface area (Å²) in [5.74, 6) is -0.311. The van der Waals surface area contributed by atoms with Crippen molar-refractivity contribution in [3.63, 3.8) is 0 Å². The van der Waals surface area contributed by atoms with E-state index in [0.717, 1.165) is 19.3 Å². The van der Waals surface area contributed by atoms with Crippen LogP contribution >= 0.6 is 17.0 Å². The molecule has 0 saturated heterocycles. The van der Waals surface area contributed by atoms with Crippen molar-refractivity contribution in [3.05, 3.63) is 129 Å². The van der Waals surface area contributed by atoms with Gasteiger partial charge in [-0.15, -0.1) is 0 Å². The fraction of sp³-hybridized carbons (Fsp3) is 0.500. The fourth-order valence-electron chi connectivity index (χ4n) is 12.3. The van der Waals surface area contributed by atoms with Crippen LogP contribution in [0.1, 0.15) is 173 Å². The summed E-state index contributed by atoms with van der Waals surface area (Å²) < 4.78 is 0.267. The van der Waals surface area contributed by atoms with Crippen LogP contribution in [0.25, 0.3) is 34.4 Å². The van der Waals surface area contributed by atoms with Crippen molar-refractivity contribution in [1.29, 1.82) is 0 Å². The molecule has 0 aliphatic heterocycles. The third-order valence-electron chi connectivity index (χ3n) is 15.7. The van der Waals surface area contributed by atoms with E-state index >= 15 is 0 Å². The van der Waals surface area contributed by atoms with Crippen LogP contribution in [0.15, 0.2) is 96.1 Å². The van der Waals surface area contributed by atoms with Crippen molar-refractivity contribution in [2.45, 2.75) is 163 Å². The van der Waals surface area contributed by atoms with Gasteiger partial charge in [-0.3, -0.25) is 0 Å². The molecule has 4 heteroatoms. The van der Waals surface area contributed by atoms with Gasteiger partial charge in [-0.05, 0) is 0 Å².